The predicted molar refractivity (Wildman–Crippen MR) is 95.7 cm³/mol. The van der Waals surface area contributed by atoms with Crippen molar-refractivity contribution in [3.8, 4) is 6.07 Å². The van der Waals surface area contributed by atoms with E-state index in [1.54, 1.807) is 43.3 Å². The molecule has 0 radical (unpaired) electrons. The van der Waals surface area contributed by atoms with Gasteiger partial charge in [-0.3, -0.25) is 14.5 Å². The summed E-state index contributed by atoms with van der Waals surface area (Å²) in [4.78, 5) is 39.9. The van der Waals surface area contributed by atoms with E-state index in [2.05, 4.69) is 18.5 Å². The van der Waals surface area contributed by atoms with Crippen molar-refractivity contribution in [3.05, 3.63) is 60.7 Å². The molecular formula is C19H20N4O3. The number of carbonyl (C=O) groups is 3. The van der Waals surface area contributed by atoms with Gasteiger partial charge < -0.3 is 10.2 Å². The number of nitrogens with one attached hydrogen (secondary N) is 1. The molecule has 1 aliphatic rings. The second-order valence-corrected chi connectivity index (χ2v) is 6.02. The molecule has 0 aliphatic carbocycles. The van der Waals surface area contributed by atoms with Crippen molar-refractivity contribution in [1.82, 2.24) is 15.1 Å². The van der Waals surface area contributed by atoms with Gasteiger partial charge in [0.05, 0.1) is 11.6 Å². The zero-order valence-electron chi connectivity index (χ0n) is 14.6. The van der Waals surface area contributed by atoms with Gasteiger partial charge in [0, 0.05) is 13.1 Å². The van der Waals surface area contributed by atoms with E-state index >= 15 is 0 Å². The number of hydrogen-bond acceptors (Lipinski definition) is 4. The number of hydrogen-bond donors (Lipinski definition) is 1. The summed E-state index contributed by atoms with van der Waals surface area (Å²) >= 11 is 0. The number of nitriles is 1. The molecule has 0 saturated carbocycles. The van der Waals surface area contributed by atoms with Crippen LogP contribution in [0.15, 0.2) is 49.6 Å². The molecule has 0 aromatic heterocycles. The van der Waals surface area contributed by atoms with E-state index in [9.17, 15) is 14.4 Å². The number of urea groups is 1. The molecule has 1 aromatic carbocycles. The zero-order chi connectivity index (χ0) is 19.3. The standard InChI is InChI=1S/C19H20N4O3/c1-4-9-22(10-5-2)16(24)13-23-17(25)19(3,21-18(23)26)15-8-6-7-14(11-15)12-20/h4-8,11H,1-2,9-10,13H2,3H3,(H,21,26). The van der Waals surface area contributed by atoms with Crippen molar-refractivity contribution in [1.29, 1.82) is 5.26 Å². The van der Waals surface area contributed by atoms with E-state index in [-0.39, 0.29) is 25.5 Å². The Bertz CT molecular complexity index is 801. The van der Waals surface area contributed by atoms with Crippen molar-refractivity contribution < 1.29 is 14.4 Å². The summed E-state index contributed by atoms with van der Waals surface area (Å²) in [5.74, 6) is -0.925. The van der Waals surface area contributed by atoms with Gasteiger partial charge >= 0.3 is 6.03 Å². The summed E-state index contributed by atoms with van der Waals surface area (Å²) in [6.07, 6.45) is 3.12. The first-order chi connectivity index (χ1) is 12.4. The molecule has 134 valence electrons. The van der Waals surface area contributed by atoms with Crippen LogP contribution in [0.4, 0.5) is 4.79 Å². The quantitative estimate of drug-likeness (QED) is 0.595. The Kier molecular flexibility index (Phi) is 5.58. The van der Waals surface area contributed by atoms with Crippen LogP contribution in [-0.2, 0) is 15.1 Å². The Hall–Kier alpha value is -3.40. The summed E-state index contributed by atoms with van der Waals surface area (Å²) in [5, 5.41) is 11.7. The lowest BCUT2D eigenvalue weighted by Gasteiger charge is -2.24. The first-order valence-electron chi connectivity index (χ1n) is 8.01. The molecule has 1 N–H and O–H groups in total. The Morgan fingerprint density at radius 3 is 2.58 bits per heavy atom. The van der Waals surface area contributed by atoms with Crippen LogP contribution in [0.2, 0.25) is 0 Å². The van der Waals surface area contributed by atoms with Gasteiger partial charge in [-0.1, -0.05) is 24.3 Å². The number of nitrogens with zero attached hydrogens (tertiary/aromatic N) is 3. The van der Waals surface area contributed by atoms with Gasteiger partial charge in [0.15, 0.2) is 0 Å². The highest BCUT2D eigenvalue weighted by atomic mass is 16.2. The maximum absolute atomic E-state index is 12.9. The van der Waals surface area contributed by atoms with E-state index in [4.69, 9.17) is 5.26 Å². The topological polar surface area (TPSA) is 93.5 Å². The third-order valence-electron chi connectivity index (χ3n) is 4.19. The van der Waals surface area contributed by atoms with Gasteiger partial charge in [-0.2, -0.15) is 5.26 Å². The fraction of sp³-hybridized carbons (Fsp3) is 0.263. The summed E-state index contributed by atoms with van der Waals surface area (Å²) in [6, 6.07) is 7.81. The third kappa shape index (κ3) is 3.49. The van der Waals surface area contributed by atoms with E-state index in [1.165, 1.54) is 4.90 Å². The van der Waals surface area contributed by atoms with E-state index in [0.717, 1.165) is 4.90 Å². The summed E-state index contributed by atoms with van der Waals surface area (Å²) < 4.78 is 0. The normalized spacial score (nSPS) is 18.8. The second kappa shape index (κ2) is 7.66. The van der Waals surface area contributed by atoms with Crippen LogP contribution in [0.3, 0.4) is 0 Å². The molecule has 7 nitrogen and oxygen atoms in total. The fourth-order valence-corrected chi connectivity index (χ4v) is 2.76. The molecule has 7 heteroatoms. The third-order valence-corrected chi connectivity index (χ3v) is 4.19. The van der Waals surface area contributed by atoms with Crippen LogP contribution < -0.4 is 5.32 Å². The minimum Gasteiger partial charge on any atom is -0.334 e. The smallest absolute Gasteiger partial charge is 0.325 e. The van der Waals surface area contributed by atoms with E-state index in [1.807, 2.05) is 6.07 Å². The van der Waals surface area contributed by atoms with Crippen molar-refractivity contribution in [2.24, 2.45) is 0 Å². The van der Waals surface area contributed by atoms with Crippen LogP contribution in [0.25, 0.3) is 0 Å². The average Bonchev–Trinajstić information content (AvgIpc) is 2.85. The molecule has 1 heterocycles. The zero-order valence-corrected chi connectivity index (χ0v) is 14.6. The molecule has 2 rings (SSSR count). The first-order valence-corrected chi connectivity index (χ1v) is 8.01. The Morgan fingerprint density at radius 1 is 1.35 bits per heavy atom. The average molecular weight is 352 g/mol. The highest BCUT2D eigenvalue weighted by molar-refractivity contribution is 6.09. The van der Waals surface area contributed by atoms with Crippen LogP contribution in [0, 0.1) is 11.3 Å². The highest BCUT2D eigenvalue weighted by Gasteiger charge is 2.49. The molecule has 1 aliphatic heterocycles. The Morgan fingerprint density at radius 2 is 2.00 bits per heavy atom. The number of carbonyl (C=O) groups excluding carboxylic acids is 3. The molecule has 1 atom stereocenters. The summed E-state index contributed by atoms with van der Waals surface area (Å²) in [5.41, 5.74) is -0.464. The Labute approximate surface area is 152 Å². The van der Waals surface area contributed by atoms with Crippen molar-refractivity contribution in [2.45, 2.75) is 12.5 Å². The molecule has 26 heavy (non-hydrogen) atoms. The Balaban J connectivity index is 2.25. The molecular weight excluding hydrogens is 332 g/mol. The predicted octanol–water partition coefficient (Wildman–Crippen LogP) is 1.53. The molecule has 1 saturated heterocycles. The van der Waals surface area contributed by atoms with Crippen LogP contribution in [0.5, 0.6) is 0 Å². The maximum atomic E-state index is 12.9. The van der Waals surface area contributed by atoms with Gasteiger partial charge in [-0.15, -0.1) is 13.2 Å². The fourth-order valence-electron chi connectivity index (χ4n) is 2.76. The number of amides is 4. The molecule has 0 spiro atoms. The number of benzene rings is 1. The summed E-state index contributed by atoms with van der Waals surface area (Å²) in [6.45, 7) is 8.94. The SMILES string of the molecule is C=CCN(CC=C)C(=O)CN1C(=O)NC(C)(c2cccc(C#N)c2)C1=O. The largest absolute Gasteiger partial charge is 0.334 e. The van der Waals surface area contributed by atoms with E-state index < -0.39 is 17.5 Å². The molecule has 0 bridgehead atoms. The van der Waals surface area contributed by atoms with E-state index in [0.29, 0.717) is 11.1 Å². The molecule has 1 unspecified atom stereocenters. The second-order valence-electron chi connectivity index (χ2n) is 6.02. The van der Waals surface area contributed by atoms with Crippen molar-refractivity contribution in [2.75, 3.05) is 19.6 Å². The number of imide groups is 1. The lowest BCUT2D eigenvalue weighted by molar-refractivity contribution is -0.138. The van der Waals surface area contributed by atoms with Crippen LogP contribution in [0.1, 0.15) is 18.1 Å². The van der Waals surface area contributed by atoms with Crippen LogP contribution in [-0.4, -0.2) is 47.3 Å². The monoisotopic (exact) mass is 352 g/mol. The highest BCUT2D eigenvalue weighted by Crippen LogP contribution is 2.29. The summed E-state index contributed by atoms with van der Waals surface area (Å²) in [7, 11) is 0. The lowest BCUT2D eigenvalue weighted by atomic mass is 9.91. The van der Waals surface area contributed by atoms with Crippen molar-refractivity contribution in [3.63, 3.8) is 0 Å². The van der Waals surface area contributed by atoms with Gasteiger partial charge in [0.2, 0.25) is 5.91 Å². The van der Waals surface area contributed by atoms with Gasteiger partial charge in [-0.05, 0) is 24.6 Å². The first kappa shape index (κ1) is 18.9. The van der Waals surface area contributed by atoms with Crippen molar-refractivity contribution >= 4 is 17.8 Å². The van der Waals surface area contributed by atoms with Crippen LogP contribution >= 0.6 is 0 Å². The minimum atomic E-state index is -1.33. The van der Waals surface area contributed by atoms with Gasteiger partial charge in [0.25, 0.3) is 5.91 Å². The number of rotatable bonds is 7. The van der Waals surface area contributed by atoms with Gasteiger partial charge in [0.1, 0.15) is 12.1 Å². The minimum absolute atomic E-state index is 0.288. The lowest BCUT2D eigenvalue weighted by Crippen LogP contribution is -2.44. The molecule has 4 amide bonds. The van der Waals surface area contributed by atoms with Gasteiger partial charge in [-0.25, -0.2) is 4.79 Å². The molecule has 1 aromatic rings. The maximum Gasteiger partial charge on any atom is 0.325 e. The molecule has 1 fully saturated rings.